The second-order valence-corrected chi connectivity index (χ2v) is 5.71. The summed E-state index contributed by atoms with van der Waals surface area (Å²) in [6, 6.07) is 12.8. The number of furan rings is 1. The number of benzene rings is 1. The number of carbonyl (C=O) groups excluding carboxylic acids is 2. The van der Waals surface area contributed by atoms with Crippen LogP contribution in [0.25, 0.3) is 0 Å². The van der Waals surface area contributed by atoms with Crippen LogP contribution in [0, 0.1) is 0 Å². The summed E-state index contributed by atoms with van der Waals surface area (Å²) in [6.45, 7) is 2.53. The van der Waals surface area contributed by atoms with Gasteiger partial charge < -0.3 is 14.2 Å². The summed E-state index contributed by atoms with van der Waals surface area (Å²) in [5.74, 6) is 0.613. The highest BCUT2D eigenvalue weighted by Gasteiger charge is 2.35. The van der Waals surface area contributed by atoms with Gasteiger partial charge in [0.05, 0.1) is 12.8 Å². The Morgan fingerprint density at radius 2 is 2.00 bits per heavy atom. The Hall–Kier alpha value is -2.56. The minimum atomic E-state index is -0.386. The van der Waals surface area contributed by atoms with Crippen LogP contribution in [0.1, 0.15) is 25.5 Å². The van der Waals surface area contributed by atoms with E-state index in [9.17, 15) is 9.59 Å². The van der Waals surface area contributed by atoms with Crippen LogP contribution >= 0.6 is 0 Å². The van der Waals surface area contributed by atoms with Crippen LogP contribution in [-0.4, -0.2) is 29.3 Å². The number of nitrogens with zero attached hydrogens (tertiary/aromatic N) is 2. The van der Waals surface area contributed by atoms with Gasteiger partial charge in [-0.1, -0.05) is 18.2 Å². The first-order valence-corrected chi connectivity index (χ1v) is 7.83. The van der Waals surface area contributed by atoms with Gasteiger partial charge in [-0.3, -0.25) is 9.59 Å². The predicted molar refractivity (Wildman–Crippen MR) is 86.7 cm³/mol. The topological polar surface area (TPSA) is 53.8 Å². The molecule has 5 heteroatoms. The van der Waals surface area contributed by atoms with Crippen LogP contribution in [0.3, 0.4) is 0 Å². The Labute approximate surface area is 135 Å². The first-order chi connectivity index (χ1) is 11.2. The molecule has 2 heterocycles. The fourth-order valence-corrected chi connectivity index (χ4v) is 3.04. The van der Waals surface area contributed by atoms with E-state index < -0.39 is 0 Å². The maximum absolute atomic E-state index is 13.1. The van der Waals surface area contributed by atoms with Crippen molar-refractivity contribution in [2.75, 3.05) is 11.4 Å². The molecule has 1 fully saturated rings. The van der Waals surface area contributed by atoms with Crippen molar-refractivity contribution < 1.29 is 14.0 Å². The number of rotatable bonds is 4. The Kier molecular flexibility index (Phi) is 4.46. The molecule has 5 nitrogen and oxygen atoms in total. The van der Waals surface area contributed by atoms with E-state index in [4.69, 9.17) is 4.42 Å². The van der Waals surface area contributed by atoms with Gasteiger partial charge in [0.1, 0.15) is 11.8 Å². The summed E-state index contributed by atoms with van der Waals surface area (Å²) in [7, 11) is 0. The molecule has 1 saturated heterocycles. The molecule has 0 saturated carbocycles. The van der Waals surface area contributed by atoms with Crippen molar-refractivity contribution in [2.45, 2.75) is 32.4 Å². The highest BCUT2D eigenvalue weighted by Crippen LogP contribution is 2.24. The van der Waals surface area contributed by atoms with Crippen molar-refractivity contribution in [1.29, 1.82) is 0 Å². The van der Waals surface area contributed by atoms with Gasteiger partial charge >= 0.3 is 0 Å². The molecule has 3 rings (SSSR count). The van der Waals surface area contributed by atoms with Crippen LogP contribution in [0.4, 0.5) is 5.69 Å². The van der Waals surface area contributed by atoms with Crippen molar-refractivity contribution in [3.63, 3.8) is 0 Å². The van der Waals surface area contributed by atoms with E-state index in [-0.39, 0.29) is 17.9 Å². The van der Waals surface area contributed by atoms with Gasteiger partial charge in [0, 0.05) is 19.2 Å². The quantitative estimate of drug-likeness (QED) is 0.872. The molecule has 0 bridgehead atoms. The van der Waals surface area contributed by atoms with Crippen LogP contribution < -0.4 is 4.90 Å². The maximum Gasteiger partial charge on any atom is 0.250 e. The molecule has 1 aliphatic heterocycles. The summed E-state index contributed by atoms with van der Waals surface area (Å²) >= 11 is 0. The van der Waals surface area contributed by atoms with E-state index in [1.54, 1.807) is 22.1 Å². The zero-order valence-electron chi connectivity index (χ0n) is 13.1. The lowest BCUT2D eigenvalue weighted by Crippen LogP contribution is -2.47. The zero-order valence-corrected chi connectivity index (χ0v) is 13.1. The number of carbonyl (C=O) groups is 2. The number of likely N-dealkylation sites (tertiary alicyclic amines) is 1. The average molecular weight is 312 g/mol. The Bertz CT molecular complexity index is 667. The molecule has 120 valence electrons. The largest absolute Gasteiger partial charge is 0.467 e. The summed E-state index contributed by atoms with van der Waals surface area (Å²) < 4.78 is 5.40. The molecule has 0 spiro atoms. The summed E-state index contributed by atoms with van der Waals surface area (Å²) in [6.07, 6.45) is 3.17. The maximum atomic E-state index is 13.1. The van der Waals surface area contributed by atoms with Crippen molar-refractivity contribution in [3.05, 3.63) is 54.5 Å². The molecule has 0 unspecified atom stereocenters. The molecular formula is C18H20N2O3. The summed E-state index contributed by atoms with van der Waals surface area (Å²) in [4.78, 5) is 28.2. The second kappa shape index (κ2) is 6.69. The van der Waals surface area contributed by atoms with Crippen molar-refractivity contribution in [2.24, 2.45) is 0 Å². The normalized spacial score (nSPS) is 17.3. The van der Waals surface area contributed by atoms with Crippen molar-refractivity contribution >= 4 is 17.5 Å². The number of hydrogen-bond acceptors (Lipinski definition) is 3. The van der Waals surface area contributed by atoms with Crippen LogP contribution in [-0.2, 0) is 16.1 Å². The van der Waals surface area contributed by atoms with E-state index in [0.717, 1.165) is 17.9 Å². The van der Waals surface area contributed by atoms with E-state index in [1.165, 1.54) is 6.92 Å². The second-order valence-electron chi connectivity index (χ2n) is 5.71. The predicted octanol–water partition coefficient (Wildman–Crippen LogP) is 2.82. The first-order valence-electron chi connectivity index (χ1n) is 7.83. The smallest absolute Gasteiger partial charge is 0.250 e. The molecule has 1 aromatic carbocycles. The molecule has 0 aliphatic carbocycles. The standard InChI is InChI=1S/C18H20N2O3/c1-14(21)19-11-5-10-17(19)18(22)20(13-16-9-6-12-23-16)15-7-3-2-4-8-15/h2-4,6-9,12,17H,5,10-11,13H2,1H3/t17-/m1/s1. The van der Waals surface area contributed by atoms with Crippen molar-refractivity contribution in [1.82, 2.24) is 4.90 Å². The van der Waals surface area contributed by atoms with E-state index in [0.29, 0.717) is 19.5 Å². The lowest BCUT2D eigenvalue weighted by molar-refractivity contribution is -0.135. The first kappa shape index (κ1) is 15.3. The van der Waals surface area contributed by atoms with E-state index in [1.807, 2.05) is 36.4 Å². The van der Waals surface area contributed by atoms with Crippen LogP contribution in [0.2, 0.25) is 0 Å². The molecular weight excluding hydrogens is 292 g/mol. The Morgan fingerprint density at radius 3 is 2.65 bits per heavy atom. The molecule has 1 aromatic heterocycles. The summed E-state index contributed by atoms with van der Waals surface area (Å²) in [5.41, 5.74) is 0.810. The van der Waals surface area contributed by atoms with Crippen LogP contribution in [0.15, 0.2) is 53.1 Å². The van der Waals surface area contributed by atoms with Gasteiger partial charge in [-0.25, -0.2) is 0 Å². The lowest BCUT2D eigenvalue weighted by Gasteiger charge is -2.29. The molecule has 0 N–H and O–H groups in total. The number of para-hydroxylation sites is 1. The highest BCUT2D eigenvalue weighted by molar-refractivity contribution is 5.99. The number of anilines is 1. The third kappa shape index (κ3) is 3.28. The fourth-order valence-electron chi connectivity index (χ4n) is 3.04. The van der Waals surface area contributed by atoms with Gasteiger partial charge in [0.2, 0.25) is 11.8 Å². The van der Waals surface area contributed by atoms with E-state index in [2.05, 4.69) is 0 Å². The molecule has 2 aromatic rings. The molecule has 23 heavy (non-hydrogen) atoms. The van der Waals surface area contributed by atoms with Gasteiger partial charge in [0.25, 0.3) is 0 Å². The highest BCUT2D eigenvalue weighted by atomic mass is 16.3. The van der Waals surface area contributed by atoms with Crippen molar-refractivity contribution in [3.8, 4) is 0 Å². The Morgan fingerprint density at radius 1 is 1.22 bits per heavy atom. The average Bonchev–Trinajstić information content (AvgIpc) is 3.24. The molecule has 2 amide bonds. The van der Waals surface area contributed by atoms with Gasteiger partial charge in [-0.15, -0.1) is 0 Å². The van der Waals surface area contributed by atoms with E-state index >= 15 is 0 Å². The molecule has 0 radical (unpaired) electrons. The third-order valence-electron chi connectivity index (χ3n) is 4.17. The fraction of sp³-hybridized carbons (Fsp3) is 0.333. The zero-order chi connectivity index (χ0) is 16.2. The molecule has 1 atom stereocenters. The number of amides is 2. The number of hydrogen-bond donors (Lipinski definition) is 0. The van der Waals surface area contributed by atoms with Gasteiger partial charge in [-0.05, 0) is 37.1 Å². The van der Waals surface area contributed by atoms with Gasteiger partial charge in [0.15, 0.2) is 0 Å². The minimum Gasteiger partial charge on any atom is -0.467 e. The molecule has 1 aliphatic rings. The van der Waals surface area contributed by atoms with Gasteiger partial charge in [-0.2, -0.15) is 0 Å². The minimum absolute atomic E-state index is 0.0492. The van der Waals surface area contributed by atoms with Crippen LogP contribution in [0.5, 0.6) is 0 Å². The summed E-state index contributed by atoms with van der Waals surface area (Å²) in [5, 5.41) is 0. The third-order valence-corrected chi connectivity index (χ3v) is 4.17. The Balaban J connectivity index is 1.88. The lowest BCUT2D eigenvalue weighted by atomic mass is 10.1. The SMILES string of the molecule is CC(=O)N1CCC[C@@H]1C(=O)N(Cc1ccco1)c1ccccc1. The monoisotopic (exact) mass is 312 g/mol.